The standard InChI is InChI=1S/C28H27F3N4O3/c29-22-7-4-18(12-24(22)31)28(37)9-10-32-13-21(28)27(36)35(20-5-6-20)15-17-14-34(16-19-8-11-38-33-19)25-3-1-2-23(30)26(17)25/h1-4,7-8,11-12,14,20-21,32,37H,5-6,9-10,13,15-16H2/t21-,28+/m1/s1. The number of fused-ring (bicyclic) bond motifs is 1. The average Bonchev–Trinajstić information content (AvgIpc) is 3.50. The van der Waals surface area contributed by atoms with Gasteiger partial charge in [-0.25, -0.2) is 13.2 Å². The molecule has 2 N–H and O–H groups in total. The number of hydrogen-bond donors (Lipinski definition) is 2. The predicted molar refractivity (Wildman–Crippen MR) is 132 cm³/mol. The fourth-order valence-corrected chi connectivity index (χ4v) is 5.56. The first kappa shape index (κ1) is 24.7. The molecule has 2 atom stereocenters. The molecule has 1 amide bonds. The Morgan fingerprint density at radius 2 is 2.00 bits per heavy atom. The van der Waals surface area contributed by atoms with Crippen LogP contribution in [-0.2, 0) is 23.5 Å². The van der Waals surface area contributed by atoms with Crippen LogP contribution in [0.25, 0.3) is 10.9 Å². The highest BCUT2D eigenvalue weighted by atomic mass is 19.2. The number of piperidine rings is 1. The number of nitrogens with zero attached hydrogens (tertiary/aromatic N) is 3. The number of carbonyl (C=O) groups is 1. The SMILES string of the molecule is O=C([C@H]1CNCC[C@]1(O)c1ccc(F)c(F)c1)N(Cc1cn(Cc2ccon2)c2cccc(F)c12)C1CC1. The molecule has 1 saturated heterocycles. The Hall–Kier alpha value is -3.63. The smallest absolute Gasteiger partial charge is 0.230 e. The molecule has 0 radical (unpaired) electrons. The number of rotatable bonds is 7. The minimum atomic E-state index is -1.67. The van der Waals surface area contributed by atoms with E-state index in [0.717, 1.165) is 25.0 Å². The summed E-state index contributed by atoms with van der Waals surface area (Å²) in [4.78, 5) is 15.7. The van der Waals surface area contributed by atoms with Crippen molar-refractivity contribution in [1.82, 2.24) is 19.9 Å². The first-order valence-corrected chi connectivity index (χ1v) is 12.7. The summed E-state index contributed by atoms with van der Waals surface area (Å²) < 4.78 is 49.6. The lowest BCUT2D eigenvalue weighted by Gasteiger charge is -2.42. The zero-order valence-corrected chi connectivity index (χ0v) is 20.5. The summed E-state index contributed by atoms with van der Waals surface area (Å²) in [5.41, 5.74) is 0.488. The number of aliphatic hydroxyl groups is 1. The number of benzene rings is 2. The van der Waals surface area contributed by atoms with E-state index < -0.39 is 29.0 Å². The molecule has 0 spiro atoms. The van der Waals surface area contributed by atoms with Gasteiger partial charge in [0.2, 0.25) is 5.91 Å². The average molecular weight is 525 g/mol. The van der Waals surface area contributed by atoms with E-state index in [0.29, 0.717) is 35.2 Å². The van der Waals surface area contributed by atoms with Gasteiger partial charge in [0.25, 0.3) is 0 Å². The second-order valence-corrected chi connectivity index (χ2v) is 10.2. The molecular formula is C28H27F3N4O3. The Balaban J connectivity index is 1.35. The van der Waals surface area contributed by atoms with Crippen LogP contribution in [0.3, 0.4) is 0 Å². The van der Waals surface area contributed by atoms with Crippen molar-refractivity contribution >= 4 is 16.8 Å². The number of amides is 1. The van der Waals surface area contributed by atoms with E-state index in [2.05, 4.69) is 10.5 Å². The number of aromatic nitrogens is 2. The predicted octanol–water partition coefficient (Wildman–Crippen LogP) is 4.08. The van der Waals surface area contributed by atoms with Crippen LogP contribution in [0.1, 0.15) is 36.1 Å². The molecule has 198 valence electrons. The van der Waals surface area contributed by atoms with Gasteiger partial charge in [0.15, 0.2) is 11.6 Å². The summed E-state index contributed by atoms with van der Waals surface area (Å²) >= 11 is 0. The normalized spacial score (nSPS) is 21.6. The van der Waals surface area contributed by atoms with Gasteiger partial charge in [0.1, 0.15) is 23.4 Å². The van der Waals surface area contributed by atoms with Crippen molar-refractivity contribution in [2.24, 2.45) is 5.92 Å². The molecular weight excluding hydrogens is 497 g/mol. The van der Waals surface area contributed by atoms with E-state index in [9.17, 15) is 18.7 Å². The monoisotopic (exact) mass is 524 g/mol. The minimum Gasteiger partial charge on any atom is -0.384 e. The fraction of sp³-hybridized carbons (Fsp3) is 0.357. The van der Waals surface area contributed by atoms with Crippen molar-refractivity contribution in [2.45, 2.75) is 44.0 Å². The van der Waals surface area contributed by atoms with Gasteiger partial charge >= 0.3 is 0 Å². The lowest BCUT2D eigenvalue weighted by molar-refractivity contribution is -0.150. The maximum absolute atomic E-state index is 15.1. The van der Waals surface area contributed by atoms with Gasteiger partial charge in [-0.2, -0.15) is 0 Å². The highest BCUT2D eigenvalue weighted by Crippen LogP contribution is 2.40. The highest BCUT2D eigenvalue weighted by Gasteiger charge is 2.48. The number of nitrogens with one attached hydrogen (secondary N) is 1. The molecule has 2 fully saturated rings. The molecule has 0 unspecified atom stereocenters. The first-order chi connectivity index (χ1) is 18.3. The quantitative estimate of drug-likeness (QED) is 0.381. The Kier molecular flexibility index (Phi) is 6.23. The molecule has 38 heavy (non-hydrogen) atoms. The van der Waals surface area contributed by atoms with E-state index in [4.69, 9.17) is 4.52 Å². The molecule has 1 aliphatic carbocycles. The maximum atomic E-state index is 15.1. The van der Waals surface area contributed by atoms with Crippen LogP contribution >= 0.6 is 0 Å². The number of hydrogen-bond acceptors (Lipinski definition) is 5. The van der Waals surface area contributed by atoms with E-state index >= 15 is 4.39 Å². The zero-order valence-electron chi connectivity index (χ0n) is 20.5. The maximum Gasteiger partial charge on any atom is 0.230 e. The fourth-order valence-electron chi connectivity index (χ4n) is 5.56. The molecule has 2 aromatic heterocycles. The Labute approximate surface area is 216 Å². The topological polar surface area (TPSA) is 83.5 Å². The van der Waals surface area contributed by atoms with Crippen molar-refractivity contribution in [3.05, 3.63) is 89.2 Å². The molecule has 1 saturated carbocycles. The largest absolute Gasteiger partial charge is 0.384 e. The van der Waals surface area contributed by atoms with E-state index in [1.807, 2.05) is 16.8 Å². The molecule has 2 aromatic carbocycles. The van der Waals surface area contributed by atoms with Crippen LogP contribution in [0.15, 0.2) is 59.4 Å². The van der Waals surface area contributed by atoms with E-state index in [1.54, 1.807) is 17.0 Å². The summed E-state index contributed by atoms with van der Waals surface area (Å²) in [6.07, 6.45) is 5.07. The third-order valence-electron chi connectivity index (χ3n) is 7.69. The van der Waals surface area contributed by atoms with Crippen molar-refractivity contribution in [2.75, 3.05) is 13.1 Å². The summed E-state index contributed by atoms with van der Waals surface area (Å²) in [6, 6.07) is 9.81. The second-order valence-electron chi connectivity index (χ2n) is 10.2. The van der Waals surface area contributed by atoms with Crippen molar-refractivity contribution in [3.63, 3.8) is 0 Å². The molecule has 0 bridgehead atoms. The van der Waals surface area contributed by atoms with Crippen LogP contribution in [0.4, 0.5) is 13.2 Å². The van der Waals surface area contributed by atoms with Crippen molar-refractivity contribution < 1.29 is 27.6 Å². The highest BCUT2D eigenvalue weighted by molar-refractivity contribution is 5.86. The van der Waals surface area contributed by atoms with Gasteiger partial charge in [-0.1, -0.05) is 17.3 Å². The van der Waals surface area contributed by atoms with Crippen LogP contribution in [0.5, 0.6) is 0 Å². The first-order valence-electron chi connectivity index (χ1n) is 12.7. The van der Waals surface area contributed by atoms with E-state index in [1.165, 1.54) is 18.4 Å². The molecule has 7 nitrogen and oxygen atoms in total. The lowest BCUT2D eigenvalue weighted by Crippen LogP contribution is -2.55. The van der Waals surface area contributed by atoms with Gasteiger partial charge in [0, 0.05) is 36.8 Å². The summed E-state index contributed by atoms with van der Waals surface area (Å²) in [5.74, 6) is -3.71. The molecule has 6 rings (SSSR count). The molecule has 1 aliphatic heterocycles. The summed E-state index contributed by atoms with van der Waals surface area (Å²) in [6.45, 7) is 1.12. The van der Waals surface area contributed by atoms with Crippen LogP contribution in [0.2, 0.25) is 0 Å². The molecule has 4 aromatic rings. The molecule has 2 aliphatic rings. The molecule has 10 heteroatoms. The van der Waals surface area contributed by atoms with Gasteiger partial charge in [-0.3, -0.25) is 4.79 Å². The van der Waals surface area contributed by atoms with Crippen LogP contribution in [0, 0.1) is 23.4 Å². The van der Waals surface area contributed by atoms with Crippen LogP contribution in [-0.4, -0.2) is 44.8 Å². The van der Waals surface area contributed by atoms with Gasteiger partial charge in [-0.15, -0.1) is 0 Å². The Morgan fingerprint density at radius 1 is 1.16 bits per heavy atom. The summed E-state index contributed by atoms with van der Waals surface area (Å²) in [7, 11) is 0. The third-order valence-corrected chi connectivity index (χ3v) is 7.69. The van der Waals surface area contributed by atoms with Crippen molar-refractivity contribution in [3.8, 4) is 0 Å². The lowest BCUT2D eigenvalue weighted by atomic mass is 9.75. The minimum absolute atomic E-state index is 0.0423. The van der Waals surface area contributed by atoms with Gasteiger partial charge in [-0.05, 0) is 61.2 Å². The van der Waals surface area contributed by atoms with Gasteiger partial charge < -0.3 is 24.4 Å². The number of carbonyl (C=O) groups excluding carboxylic acids is 1. The third kappa shape index (κ3) is 4.37. The van der Waals surface area contributed by atoms with E-state index in [-0.39, 0.29) is 37.0 Å². The zero-order chi connectivity index (χ0) is 26.4. The second kappa shape index (κ2) is 9.59. The van der Waals surface area contributed by atoms with Crippen LogP contribution < -0.4 is 5.32 Å². The van der Waals surface area contributed by atoms with Crippen molar-refractivity contribution in [1.29, 1.82) is 0 Å². The molecule has 3 heterocycles. The Bertz CT molecular complexity index is 1480. The Morgan fingerprint density at radius 3 is 2.74 bits per heavy atom. The number of halogens is 3. The summed E-state index contributed by atoms with van der Waals surface area (Å²) in [5, 5.41) is 19.2. The van der Waals surface area contributed by atoms with Gasteiger partial charge in [0.05, 0.1) is 18.0 Å².